The number of benzene rings is 1. The standard InChI is InChI=1S/C13H11F2N3O3/c1-6(8-4-7(14)2-3-9(8)15)18-12(19)10-11(13(20)21)17-5-16-10/h2-6H,1H3,(H,16,17)(H,18,19)(H,20,21). The molecule has 0 aliphatic carbocycles. The second kappa shape index (κ2) is 5.70. The second-order valence-corrected chi connectivity index (χ2v) is 4.29. The normalized spacial score (nSPS) is 12.0. The van der Waals surface area contributed by atoms with Crippen LogP contribution in [0.3, 0.4) is 0 Å². The van der Waals surface area contributed by atoms with Crippen LogP contribution in [0.15, 0.2) is 24.5 Å². The highest BCUT2D eigenvalue weighted by Crippen LogP contribution is 2.18. The lowest BCUT2D eigenvalue weighted by molar-refractivity contribution is 0.0684. The van der Waals surface area contributed by atoms with Crippen molar-refractivity contribution in [1.82, 2.24) is 15.3 Å². The molecule has 110 valence electrons. The Balaban J connectivity index is 2.21. The highest BCUT2D eigenvalue weighted by atomic mass is 19.1. The number of carbonyl (C=O) groups excluding carboxylic acids is 1. The van der Waals surface area contributed by atoms with E-state index in [1.54, 1.807) is 0 Å². The highest BCUT2D eigenvalue weighted by molar-refractivity contribution is 6.02. The van der Waals surface area contributed by atoms with E-state index in [-0.39, 0.29) is 17.0 Å². The van der Waals surface area contributed by atoms with Crippen molar-refractivity contribution in [1.29, 1.82) is 0 Å². The highest BCUT2D eigenvalue weighted by Gasteiger charge is 2.22. The summed E-state index contributed by atoms with van der Waals surface area (Å²) < 4.78 is 26.7. The number of aromatic nitrogens is 2. The van der Waals surface area contributed by atoms with Crippen LogP contribution >= 0.6 is 0 Å². The molecule has 1 amide bonds. The van der Waals surface area contributed by atoms with Gasteiger partial charge in [-0.2, -0.15) is 0 Å². The number of carboxylic acid groups (broad SMARTS) is 1. The summed E-state index contributed by atoms with van der Waals surface area (Å²) in [4.78, 5) is 28.7. The maximum atomic E-state index is 13.6. The maximum absolute atomic E-state index is 13.6. The summed E-state index contributed by atoms with van der Waals surface area (Å²) in [5.41, 5.74) is -0.749. The van der Waals surface area contributed by atoms with E-state index in [1.807, 2.05) is 0 Å². The molecule has 1 atom stereocenters. The van der Waals surface area contributed by atoms with Gasteiger partial charge in [-0.25, -0.2) is 18.6 Å². The number of carboxylic acids is 1. The van der Waals surface area contributed by atoms with Crippen LogP contribution in [0.2, 0.25) is 0 Å². The predicted molar refractivity (Wildman–Crippen MR) is 67.8 cm³/mol. The molecule has 0 fully saturated rings. The lowest BCUT2D eigenvalue weighted by atomic mass is 10.1. The van der Waals surface area contributed by atoms with Gasteiger partial charge in [0.25, 0.3) is 5.91 Å². The Hall–Kier alpha value is -2.77. The monoisotopic (exact) mass is 295 g/mol. The van der Waals surface area contributed by atoms with Crippen molar-refractivity contribution in [2.24, 2.45) is 0 Å². The Labute approximate surface area is 117 Å². The summed E-state index contributed by atoms with van der Waals surface area (Å²) in [7, 11) is 0. The lowest BCUT2D eigenvalue weighted by Crippen LogP contribution is -2.29. The molecule has 1 aromatic carbocycles. The molecule has 1 heterocycles. The zero-order valence-electron chi connectivity index (χ0n) is 10.9. The number of aromatic carboxylic acids is 1. The van der Waals surface area contributed by atoms with Crippen LogP contribution in [0, 0.1) is 11.6 Å². The zero-order valence-corrected chi connectivity index (χ0v) is 10.9. The fourth-order valence-corrected chi connectivity index (χ4v) is 1.82. The van der Waals surface area contributed by atoms with Crippen LogP contribution in [0.5, 0.6) is 0 Å². The van der Waals surface area contributed by atoms with Gasteiger partial charge in [0.2, 0.25) is 0 Å². The van der Waals surface area contributed by atoms with Gasteiger partial charge >= 0.3 is 5.97 Å². The molecule has 0 aliphatic rings. The number of nitrogens with one attached hydrogen (secondary N) is 2. The molecule has 2 aromatic rings. The topological polar surface area (TPSA) is 95.1 Å². The summed E-state index contributed by atoms with van der Waals surface area (Å²) in [5.74, 6) is -3.46. The second-order valence-electron chi connectivity index (χ2n) is 4.29. The van der Waals surface area contributed by atoms with Crippen molar-refractivity contribution in [2.45, 2.75) is 13.0 Å². The Morgan fingerprint density at radius 3 is 2.76 bits per heavy atom. The van der Waals surface area contributed by atoms with E-state index in [1.165, 1.54) is 6.92 Å². The van der Waals surface area contributed by atoms with Gasteiger partial charge in [-0.3, -0.25) is 4.79 Å². The molecule has 2 rings (SSSR count). The first-order valence-electron chi connectivity index (χ1n) is 5.92. The van der Waals surface area contributed by atoms with Crippen molar-refractivity contribution in [3.8, 4) is 0 Å². The third-order valence-electron chi connectivity index (χ3n) is 2.84. The third-order valence-corrected chi connectivity index (χ3v) is 2.84. The smallest absolute Gasteiger partial charge is 0.354 e. The van der Waals surface area contributed by atoms with Crippen LogP contribution < -0.4 is 5.32 Å². The summed E-state index contributed by atoms with van der Waals surface area (Å²) >= 11 is 0. The number of aromatic amines is 1. The van der Waals surface area contributed by atoms with Crippen LogP contribution in [0.1, 0.15) is 39.5 Å². The average molecular weight is 295 g/mol. The maximum Gasteiger partial charge on any atom is 0.354 e. The largest absolute Gasteiger partial charge is 0.477 e. The Morgan fingerprint density at radius 2 is 2.10 bits per heavy atom. The minimum atomic E-state index is -1.35. The molecule has 8 heteroatoms. The third kappa shape index (κ3) is 3.04. The number of hydrogen-bond acceptors (Lipinski definition) is 3. The number of rotatable bonds is 4. The number of H-pyrrole nitrogens is 1. The van der Waals surface area contributed by atoms with Gasteiger partial charge in [-0.1, -0.05) is 0 Å². The van der Waals surface area contributed by atoms with Gasteiger partial charge in [-0.05, 0) is 25.1 Å². The molecule has 0 aliphatic heterocycles. The van der Waals surface area contributed by atoms with Gasteiger partial charge < -0.3 is 15.4 Å². The van der Waals surface area contributed by atoms with Crippen molar-refractivity contribution in [3.05, 3.63) is 53.1 Å². The molecule has 0 radical (unpaired) electrons. The fourth-order valence-electron chi connectivity index (χ4n) is 1.82. The Bertz CT molecular complexity index is 700. The quantitative estimate of drug-likeness (QED) is 0.802. The number of imidazole rings is 1. The molecular formula is C13H11F2N3O3. The lowest BCUT2D eigenvalue weighted by Gasteiger charge is -2.14. The van der Waals surface area contributed by atoms with E-state index in [0.29, 0.717) is 0 Å². The van der Waals surface area contributed by atoms with Gasteiger partial charge in [0.1, 0.15) is 11.6 Å². The first-order valence-corrected chi connectivity index (χ1v) is 5.92. The minimum absolute atomic E-state index is 0.0456. The Morgan fingerprint density at radius 1 is 1.38 bits per heavy atom. The molecule has 3 N–H and O–H groups in total. The number of nitrogens with zero attached hydrogens (tertiary/aromatic N) is 1. The molecule has 0 saturated carbocycles. The van der Waals surface area contributed by atoms with E-state index in [9.17, 15) is 18.4 Å². The van der Waals surface area contributed by atoms with Crippen molar-refractivity contribution in [2.75, 3.05) is 0 Å². The van der Waals surface area contributed by atoms with E-state index >= 15 is 0 Å². The van der Waals surface area contributed by atoms with Crippen molar-refractivity contribution in [3.63, 3.8) is 0 Å². The van der Waals surface area contributed by atoms with Gasteiger partial charge in [0.05, 0.1) is 12.4 Å². The predicted octanol–water partition coefficient (Wildman–Crippen LogP) is 1.88. The molecule has 1 aromatic heterocycles. The van der Waals surface area contributed by atoms with E-state index in [2.05, 4.69) is 15.3 Å². The van der Waals surface area contributed by atoms with Gasteiger partial charge in [-0.15, -0.1) is 0 Å². The molecule has 0 saturated heterocycles. The van der Waals surface area contributed by atoms with Crippen molar-refractivity contribution < 1.29 is 23.5 Å². The number of carbonyl (C=O) groups is 2. The van der Waals surface area contributed by atoms with E-state index in [0.717, 1.165) is 24.5 Å². The molecule has 21 heavy (non-hydrogen) atoms. The molecule has 6 nitrogen and oxygen atoms in total. The van der Waals surface area contributed by atoms with Gasteiger partial charge in [0.15, 0.2) is 11.4 Å². The number of amides is 1. The summed E-state index contributed by atoms with van der Waals surface area (Å²) in [5, 5.41) is 11.2. The minimum Gasteiger partial charge on any atom is -0.477 e. The van der Waals surface area contributed by atoms with Gasteiger partial charge in [0, 0.05) is 5.56 Å². The van der Waals surface area contributed by atoms with E-state index < -0.39 is 29.6 Å². The molecule has 0 spiro atoms. The van der Waals surface area contributed by atoms with Crippen LogP contribution in [0.25, 0.3) is 0 Å². The van der Waals surface area contributed by atoms with Crippen LogP contribution in [-0.4, -0.2) is 27.0 Å². The summed E-state index contributed by atoms with van der Waals surface area (Å²) in [6, 6.07) is 2.02. The Kier molecular flexibility index (Phi) is 3.97. The first kappa shape index (κ1) is 14.6. The average Bonchev–Trinajstić information content (AvgIpc) is 2.91. The summed E-state index contributed by atoms with van der Waals surface area (Å²) in [6.07, 6.45) is 1.06. The SMILES string of the molecule is CC(NC(=O)c1nc[nH]c1C(=O)O)c1cc(F)ccc1F. The molecule has 0 bridgehead atoms. The fraction of sp³-hybridized carbons (Fsp3) is 0.154. The van der Waals surface area contributed by atoms with Crippen molar-refractivity contribution >= 4 is 11.9 Å². The van der Waals surface area contributed by atoms with Crippen LogP contribution in [-0.2, 0) is 0 Å². The molecule has 1 unspecified atom stereocenters. The zero-order chi connectivity index (χ0) is 15.6. The number of hydrogen-bond donors (Lipinski definition) is 3. The van der Waals surface area contributed by atoms with Crippen LogP contribution in [0.4, 0.5) is 8.78 Å². The van der Waals surface area contributed by atoms with E-state index in [4.69, 9.17) is 5.11 Å². The molecular weight excluding hydrogens is 284 g/mol. The number of halogens is 2. The first-order chi connectivity index (χ1) is 9.90. The summed E-state index contributed by atoms with van der Waals surface area (Å²) in [6.45, 7) is 1.45.